The number of nitrogens with one attached hydrogen (secondary N) is 1. The van der Waals surface area contributed by atoms with Crippen molar-refractivity contribution in [1.29, 1.82) is 0 Å². The van der Waals surface area contributed by atoms with Gasteiger partial charge in [0.25, 0.3) is 5.91 Å². The van der Waals surface area contributed by atoms with Gasteiger partial charge in [-0.05, 0) is 92.1 Å². The predicted octanol–water partition coefficient (Wildman–Crippen LogP) is 7.59. The van der Waals surface area contributed by atoms with Crippen LogP contribution in [0.2, 0.25) is 0 Å². The molecule has 1 heterocycles. The largest absolute Gasteiger partial charge is 0.490 e. The molecule has 0 saturated carbocycles. The van der Waals surface area contributed by atoms with Crippen LogP contribution in [0.1, 0.15) is 63.2 Å². The van der Waals surface area contributed by atoms with Gasteiger partial charge in [0.05, 0.1) is 5.56 Å². The average Bonchev–Trinajstić information content (AvgIpc) is 3.16. The van der Waals surface area contributed by atoms with Crippen molar-refractivity contribution in [2.45, 2.75) is 52.4 Å². The third-order valence-corrected chi connectivity index (χ3v) is 7.51. The molecule has 0 unspecified atom stereocenters. The number of benzene rings is 2. The van der Waals surface area contributed by atoms with Crippen LogP contribution in [-0.2, 0) is 12.8 Å². The number of aryl methyl sites for hydroxylation is 2. The van der Waals surface area contributed by atoms with Crippen LogP contribution < -0.4 is 10.1 Å². The van der Waals surface area contributed by atoms with Crippen molar-refractivity contribution >= 4 is 34.1 Å². The van der Waals surface area contributed by atoms with Crippen LogP contribution >= 0.6 is 11.3 Å². The molecule has 0 bridgehead atoms. The van der Waals surface area contributed by atoms with Gasteiger partial charge in [0, 0.05) is 16.8 Å². The summed E-state index contributed by atoms with van der Waals surface area (Å²) in [7, 11) is 0. The SMILES string of the molecule is C=CCOc1ccc(C=Nc2sc3c(c2C(=O)Nc2cccc(C)c2C)CCCCCC3)cc1. The van der Waals surface area contributed by atoms with E-state index in [1.807, 2.05) is 49.5 Å². The minimum atomic E-state index is -0.0629. The second-order valence-corrected chi connectivity index (χ2v) is 9.81. The Bertz CT molecular complexity index is 1190. The van der Waals surface area contributed by atoms with Crippen LogP contribution in [0.5, 0.6) is 5.75 Å². The lowest BCUT2D eigenvalue weighted by Gasteiger charge is -2.13. The van der Waals surface area contributed by atoms with Crippen LogP contribution in [0.4, 0.5) is 10.7 Å². The molecular formula is C29H32N2O2S. The molecule has 4 rings (SSSR count). The fraction of sp³-hybridized carbons (Fsp3) is 0.310. The highest BCUT2D eigenvalue weighted by Gasteiger charge is 2.24. The topological polar surface area (TPSA) is 50.7 Å². The molecule has 2 aromatic carbocycles. The van der Waals surface area contributed by atoms with Crippen molar-refractivity contribution in [3.05, 3.63) is 87.8 Å². The van der Waals surface area contributed by atoms with E-state index in [4.69, 9.17) is 9.73 Å². The molecule has 0 atom stereocenters. The van der Waals surface area contributed by atoms with E-state index in [2.05, 4.69) is 24.9 Å². The predicted molar refractivity (Wildman–Crippen MR) is 143 cm³/mol. The fourth-order valence-electron chi connectivity index (χ4n) is 4.24. The lowest BCUT2D eigenvalue weighted by Crippen LogP contribution is -2.15. The summed E-state index contributed by atoms with van der Waals surface area (Å²) in [5.74, 6) is 0.733. The molecule has 5 heteroatoms. The lowest BCUT2D eigenvalue weighted by molar-refractivity contribution is 0.102. The van der Waals surface area contributed by atoms with E-state index in [9.17, 15) is 4.79 Å². The van der Waals surface area contributed by atoms with Crippen molar-refractivity contribution in [3.8, 4) is 5.75 Å². The van der Waals surface area contributed by atoms with Crippen LogP contribution in [-0.4, -0.2) is 18.7 Å². The first-order valence-electron chi connectivity index (χ1n) is 12.0. The third-order valence-electron chi connectivity index (χ3n) is 6.31. The van der Waals surface area contributed by atoms with Crippen molar-refractivity contribution in [2.24, 2.45) is 4.99 Å². The van der Waals surface area contributed by atoms with Crippen molar-refractivity contribution in [1.82, 2.24) is 0 Å². The fourth-order valence-corrected chi connectivity index (χ4v) is 5.47. The monoisotopic (exact) mass is 472 g/mol. The van der Waals surface area contributed by atoms with Gasteiger partial charge in [-0.1, -0.05) is 37.6 Å². The van der Waals surface area contributed by atoms with E-state index < -0.39 is 0 Å². The maximum Gasteiger partial charge on any atom is 0.259 e. The van der Waals surface area contributed by atoms with Crippen molar-refractivity contribution in [3.63, 3.8) is 0 Å². The summed E-state index contributed by atoms with van der Waals surface area (Å²) in [6.07, 6.45) is 10.3. The number of aliphatic imine (C=N–C) groups is 1. The van der Waals surface area contributed by atoms with Gasteiger partial charge < -0.3 is 10.1 Å². The number of carbonyl (C=O) groups excluding carboxylic acids is 1. The van der Waals surface area contributed by atoms with Crippen LogP contribution in [0, 0.1) is 13.8 Å². The first-order chi connectivity index (χ1) is 16.6. The van der Waals surface area contributed by atoms with Crippen LogP contribution in [0.15, 0.2) is 60.1 Å². The molecule has 1 aliphatic carbocycles. The Balaban J connectivity index is 1.65. The number of carbonyl (C=O) groups is 1. The molecule has 1 N–H and O–H groups in total. The number of nitrogens with zero attached hydrogens (tertiary/aromatic N) is 1. The zero-order valence-corrected chi connectivity index (χ0v) is 20.8. The van der Waals surface area contributed by atoms with Gasteiger partial charge in [-0.15, -0.1) is 11.3 Å². The first kappa shape index (κ1) is 24.0. The molecular weight excluding hydrogens is 440 g/mol. The van der Waals surface area contributed by atoms with Crippen molar-refractivity contribution < 1.29 is 9.53 Å². The number of anilines is 1. The number of fused-ring (bicyclic) bond motifs is 1. The van der Waals surface area contributed by atoms with Gasteiger partial charge in [0.15, 0.2) is 0 Å². The second-order valence-electron chi connectivity index (χ2n) is 8.73. The number of amides is 1. The summed E-state index contributed by atoms with van der Waals surface area (Å²) in [6.45, 7) is 8.27. The third kappa shape index (κ3) is 5.65. The minimum absolute atomic E-state index is 0.0629. The summed E-state index contributed by atoms with van der Waals surface area (Å²) in [5.41, 5.74) is 6.02. The normalized spacial score (nSPS) is 13.7. The molecule has 0 radical (unpaired) electrons. The molecule has 0 spiro atoms. The highest BCUT2D eigenvalue weighted by molar-refractivity contribution is 7.16. The Morgan fingerprint density at radius 1 is 1.09 bits per heavy atom. The number of hydrogen-bond acceptors (Lipinski definition) is 4. The van der Waals surface area contributed by atoms with E-state index >= 15 is 0 Å². The molecule has 0 fully saturated rings. The average molecular weight is 473 g/mol. The zero-order chi connectivity index (χ0) is 23.9. The van der Waals surface area contributed by atoms with E-state index in [-0.39, 0.29) is 5.91 Å². The molecule has 34 heavy (non-hydrogen) atoms. The molecule has 1 aliphatic rings. The van der Waals surface area contributed by atoms with Crippen LogP contribution in [0.3, 0.4) is 0 Å². The Morgan fingerprint density at radius 3 is 2.62 bits per heavy atom. The number of rotatable bonds is 7. The summed E-state index contributed by atoms with van der Waals surface area (Å²) in [4.78, 5) is 19.7. The molecule has 1 amide bonds. The van der Waals surface area contributed by atoms with E-state index in [1.165, 1.54) is 29.7 Å². The summed E-state index contributed by atoms with van der Waals surface area (Å²) in [6, 6.07) is 13.8. The minimum Gasteiger partial charge on any atom is -0.490 e. The summed E-state index contributed by atoms with van der Waals surface area (Å²) < 4.78 is 5.56. The standard InChI is InChI=1S/C29H32N2O2S/c1-4-18-33-23-16-14-22(15-17-23)19-30-29-27(24-11-7-5-6-8-13-26(24)34-29)28(32)31-25-12-9-10-20(2)21(25)3/h4,9-10,12,14-17,19H,1,5-8,11,13,18H2,2-3H3,(H,31,32). The van der Waals surface area contributed by atoms with Gasteiger partial charge in [-0.25, -0.2) is 4.99 Å². The number of ether oxygens (including phenoxy) is 1. The van der Waals surface area contributed by atoms with Gasteiger partial charge >= 0.3 is 0 Å². The second kappa shape index (κ2) is 11.3. The summed E-state index contributed by atoms with van der Waals surface area (Å²) in [5, 5.41) is 3.97. The Hall–Kier alpha value is -3.18. The van der Waals surface area contributed by atoms with Gasteiger partial charge in [0.2, 0.25) is 0 Å². The highest BCUT2D eigenvalue weighted by Crippen LogP contribution is 2.39. The van der Waals surface area contributed by atoms with E-state index in [0.717, 1.165) is 58.0 Å². The molecule has 0 saturated heterocycles. The Labute approximate surface area is 206 Å². The lowest BCUT2D eigenvalue weighted by atomic mass is 9.96. The summed E-state index contributed by atoms with van der Waals surface area (Å²) >= 11 is 1.67. The maximum absolute atomic E-state index is 13.6. The Kier molecular flexibility index (Phi) is 7.96. The molecule has 176 valence electrons. The Morgan fingerprint density at radius 2 is 1.85 bits per heavy atom. The van der Waals surface area contributed by atoms with Gasteiger partial charge in [-0.3, -0.25) is 4.79 Å². The van der Waals surface area contributed by atoms with Gasteiger partial charge in [0.1, 0.15) is 17.4 Å². The van der Waals surface area contributed by atoms with Gasteiger partial charge in [-0.2, -0.15) is 0 Å². The number of hydrogen-bond donors (Lipinski definition) is 1. The van der Waals surface area contributed by atoms with Crippen molar-refractivity contribution in [2.75, 3.05) is 11.9 Å². The number of thiophene rings is 1. The molecule has 3 aromatic rings. The van der Waals surface area contributed by atoms with Crippen LogP contribution in [0.25, 0.3) is 0 Å². The molecule has 4 nitrogen and oxygen atoms in total. The van der Waals surface area contributed by atoms with E-state index in [0.29, 0.717) is 6.61 Å². The molecule has 1 aromatic heterocycles. The zero-order valence-electron chi connectivity index (χ0n) is 20.0. The first-order valence-corrected chi connectivity index (χ1v) is 12.8. The smallest absolute Gasteiger partial charge is 0.259 e. The maximum atomic E-state index is 13.6. The highest BCUT2D eigenvalue weighted by atomic mass is 32.1. The molecule has 0 aliphatic heterocycles. The quantitative estimate of drug-likeness (QED) is 0.284. The van der Waals surface area contributed by atoms with E-state index in [1.54, 1.807) is 17.4 Å².